The Bertz CT molecular complexity index is 1320. The van der Waals surface area contributed by atoms with Crippen LogP contribution in [0, 0.1) is 6.92 Å². The molecule has 5 aromatic rings. The third-order valence-corrected chi connectivity index (χ3v) is 11.6. The molecule has 1 heterocycles. The fourth-order valence-corrected chi connectivity index (χ4v) is 10.1. The van der Waals surface area contributed by atoms with Crippen LogP contribution >= 0.6 is 0 Å². The smallest absolute Gasteiger partial charge is 0.227 e. The van der Waals surface area contributed by atoms with Crippen molar-refractivity contribution in [3.05, 3.63) is 151 Å². The maximum atomic E-state index is 12.9. The van der Waals surface area contributed by atoms with E-state index in [1.54, 1.807) is 0 Å². The lowest BCUT2D eigenvalue weighted by Gasteiger charge is -2.35. The third kappa shape index (κ3) is 4.39. The second-order valence-corrected chi connectivity index (χ2v) is 12.6. The van der Waals surface area contributed by atoms with Crippen molar-refractivity contribution in [1.29, 1.82) is 0 Å². The monoisotopic (exact) mass is 470 g/mol. The van der Waals surface area contributed by atoms with E-state index in [1.165, 1.54) is 26.3 Å². The zero-order valence-corrected chi connectivity index (χ0v) is 20.8. The Morgan fingerprint density at radius 2 is 1.06 bits per heavy atom. The van der Waals surface area contributed by atoms with E-state index in [4.69, 9.17) is 0 Å². The summed E-state index contributed by atoms with van der Waals surface area (Å²) in [5.74, 6) is 0.112. The minimum absolute atomic E-state index is 0.112. The zero-order valence-electron chi connectivity index (χ0n) is 19.8. The normalized spacial score (nSPS) is 11.2. The molecule has 0 saturated heterocycles. The van der Waals surface area contributed by atoms with Gasteiger partial charge in [0.15, 0.2) is 20.5 Å². The van der Waals surface area contributed by atoms with E-state index < -0.39 is 8.07 Å². The molecule has 35 heavy (non-hydrogen) atoms. The van der Waals surface area contributed by atoms with Crippen LogP contribution in [0.5, 0.6) is 0 Å². The van der Waals surface area contributed by atoms with Gasteiger partial charge in [-0.3, -0.25) is 4.79 Å². The SMILES string of the molecule is Cc1c[n+](CC(=O)c2ccccc2)ccc1[Si](c1ccccc1)(c1ccccc1)c1ccccc1. The number of rotatable bonds is 7. The number of pyridine rings is 1. The van der Waals surface area contributed by atoms with Gasteiger partial charge in [-0.2, -0.15) is 4.57 Å². The number of ketones is 1. The molecule has 0 spiro atoms. The van der Waals surface area contributed by atoms with Crippen LogP contribution in [0.25, 0.3) is 0 Å². The molecule has 0 fully saturated rings. The molecule has 0 aliphatic rings. The van der Waals surface area contributed by atoms with Crippen molar-refractivity contribution in [2.75, 3.05) is 0 Å². The number of aryl methyl sites for hydroxylation is 1. The van der Waals surface area contributed by atoms with Crippen LogP contribution in [0.2, 0.25) is 0 Å². The largest absolute Gasteiger partial charge is 0.287 e. The summed E-state index contributed by atoms with van der Waals surface area (Å²) in [6.45, 7) is 2.50. The number of carbonyl (C=O) groups is 1. The standard InChI is InChI=1S/C32H28NOSi/c1-26-24-33(25-31(34)27-14-6-2-7-15-27)23-22-32(26)35(28-16-8-3-9-17-28,29-18-10-4-11-19-29)30-20-12-5-13-21-30/h2-24H,25H2,1H3/q+1. The van der Waals surface area contributed by atoms with Gasteiger partial charge in [0.1, 0.15) is 0 Å². The molecule has 0 bridgehead atoms. The van der Waals surface area contributed by atoms with Crippen LogP contribution in [0.3, 0.4) is 0 Å². The average molecular weight is 471 g/mol. The number of carbonyl (C=O) groups excluding carboxylic acids is 1. The molecular formula is C32H28NOSi+. The molecule has 0 atom stereocenters. The number of nitrogens with zero attached hydrogens (tertiary/aromatic N) is 1. The zero-order chi connectivity index (χ0) is 24.1. The van der Waals surface area contributed by atoms with Crippen LogP contribution < -0.4 is 25.3 Å². The van der Waals surface area contributed by atoms with Crippen molar-refractivity contribution in [1.82, 2.24) is 0 Å². The first kappa shape index (κ1) is 22.7. The van der Waals surface area contributed by atoms with E-state index in [-0.39, 0.29) is 5.78 Å². The lowest BCUT2D eigenvalue weighted by atomic mass is 10.1. The van der Waals surface area contributed by atoms with Crippen molar-refractivity contribution >= 4 is 34.6 Å². The predicted molar refractivity (Wildman–Crippen MR) is 146 cm³/mol. The van der Waals surface area contributed by atoms with Gasteiger partial charge in [-0.1, -0.05) is 121 Å². The summed E-state index contributed by atoms with van der Waals surface area (Å²) in [5.41, 5.74) is 1.93. The highest BCUT2D eigenvalue weighted by atomic mass is 28.3. The van der Waals surface area contributed by atoms with Gasteiger partial charge in [0.05, 0.1) is 0 Å². The van der Waals surface area contributed by atoms with Crippen molar-refractivity contribution in [3.8, 4) is 0 Å². The summed E-state index contributed by atoms with van der Waals surface area (Å²) >= 11 is 0. The highest BCUT2D eigenvalue weighted by Gasteiger charge is 2.42. The molecule has 4 aromatic carbocycles. The minimum Gasteiger partial charge on any atom is -0.287 e. The van der Waals surface area contributed by atoms with Gasteiger partial charge in [-0.05, 0) is 27.7 Å². The maximum absolute atomic E-state index is 12.9. The maximum Gasteiger partial charge on any atom is 0.227 e. The lowest BCUT2D eigenvalue weighted by Crippen LogP contribution is -2.75. The molecule has 1 aromatic heterocycles. The van der Waals surface area contributed by atoms with E-state index in [2.05, 4.69) is 116 Å². The Hall–Kier alpha value is -4.08. The molecule has 0 saturated carbocycles. The van der Waals surface area contributed by atoms with Crippen LogP contribution in [0.4, 0.5) is 0 Å². The second kappa shape index (κ2) is 10.0. The topological polar surface area (TPSA) is 20.9 Å². The molecule has 0 amide bonds. The van der Waals surface area contributed by atoms with Crippen molar-refractivity contribution in [2.24, 2.45) is 0 Å². The highest BCUT2D eigenvalue weighted by Crippen LogP contribution is 2.11. The van der Waals surface area contributed by atoms with E-state index in [1.807, 2.05) is 34.9 Å². The number of hydrogen-bond donors (Lipinski definition) is 0. The van der Waals surface area contributed by atoms with Gasteiger partial charge in [0, 0.05) is 17.2 Å². The summed E-state index contributed by atoms with van der Waals surface area (Å²) in [4.78, 5) is 12.9. The molecule has 2 nitrogen and oxygen atoms in total. The Kier molecular flexibility index (Phi) is 6.51. The van der Waals surface area contributed by atoms with Gasteiger partial charge in [-0.15, -0.1) is 0 Å². The number of Topliss-reactive ketones (excluding diaryl/α,β-unsaturated/α-hetero) is 1. The fourth-order valence-electron chi connectivity index (χ4n) is 5.09. The van der Waals surface area contributed by atoms with E-state index in [9.17, 15) is 4.79 Å². The quantitative estimate of drug-likeness (QED) is 0.154. The predicted octanol–water partition coefficient (Wildman–Crippen LogP) is 3.54. The Morgan fingerprint density at radius 1 is 0.629 bits per heavy atom. The Morgan fingerprint density at radius 3 is 1.49 bits per heavy atom. The number of hydrogen-bond acceptors (Lipinski definition) is 1. The van der Waals surface area contributed by atoms with Crippen molar-refractivity contribution < 1.29 is 9.36 Å². The average Bonchev–Trinajstić information content (AvgIpc) is 2.92. The van der Waals surface area contributed by atoms with Crippen LogP contribution in [0.15, 0.2) is 140 Å². The van der Waals surface area contributed by atoms with Crippen LogP contribution in [0.1, 0.15) is 15.9 Å². The number of benzene rings is 4. The van der Waals surface area contributed by atoms with Gasteiger partial charge in [0.25, 0.3) is 0 Å². The molecule has 170 valence electrons. The Balaban J connectivity index is 1.68. The molecule has 3 heteroatoms. The van der Waals surface area contributed by atoms with Gasteiger partial charge in [0.2, 0.25) is 12.3 Å². The van der Waals surface area contributed by atoms with Crippen molar-refractivity contribution in [2.45, 2.75) is 13.5 Å². The van der Waals surface area contributed by atoms with E-state index in [0.717, 1.165) is 5.56 Å². The summed E-state index contributed by atoms with van der Waals surface area (Å²) < 4.78 is 2.01. The number of aromatic nitrogens is 1. The summed E-state index contributed by atoms with van der Waals surface area (Å²) in [6.07, 6.45) is 4.20. The summed E-state index contributed by atoms with van der Waals surface area (Å²) in [5, 5.41) is 5.38. The van der Waals surface area contributed by atoms with E-state index >= 15 is 0 Å². The first-order valence-electron chi connectivity index (χ1n) is 11.9. The molecule has 0 aliphatic heterocycles. The van der Waals surface area contributed by atoms with E-state index in [0.29, 0.717) is 6.54 Å². The van der Waals surface area contributed by atoms with Gasteiger partial charge < -0.3 is 0 Å². The molecule has 0 aliphatic carbocycles. The molecule has 0 unspecified atom stereocenters. The minimum atomic E-state index is -2.57. The van der Waals surface area contributed by atoms with Gasteiger partial charge >= 0.3 is 0 Å². The summed E-state index contributed by atoms with van der Waals surface area (Å²) in [7, 11) is -2.57. The van der Waals surface area contributed by atoms with Crippen LogP contribution in [-0.4, -0.2) is 13.9 Å². The van der Waals surface area contributed by atoms with Crippen molar-refractivity contribution in [3.63, 3.8) is 0 Å². The fraction of sp³-hybridized carbons (Fsp3) is 0.0625. The molecule has 0 radical (unpaired) electrons. The molecule has 0 N–H and O–H groups in total. The molecular weight excluding hydrogens is 442 g/mol. The first-order chi connectivity index (χ1) is 17.2. The Labute approximate surface area is 208 Å². The third-order valence-electron chi connectivity index (χ3n) is 6.66. The first-order valence-corrected chi connectivity index (χ1v) is 13.9. The van der Waals surface area contributed by atoms with Crippen LogP contribution in [-0.2, 0) is 6.54 Å². The molecule has 5 rings (SSSR count). The van der Waals surface area contributed by atoms with Gasteiger partial charge in [-0.25, -0.2) is 0 Å². The second-order valence-electron chi connectivity index (χ2n) is 8.85. The summed E-state index contributed by atoms with van der Waals surface area (Å²) in [6, 6.07) is 44.4. The lowest BCUT2D eigenvalue weighted by molar-refractivity contribution is -0.683. The highest BCUT2D eigenvalue weighted by molar-refractivity contribution is 7.20.